The van der Waals surface area contributed by atoms with Gasteiger partial charge in [0.05, 0.1) is 24.1 Å². The summed E-state index contributed by atoms with van der Waals surface area (Å²) in [6.07, 6.45) is 0. The molecule has 0 saturated heterocycles. The van der Waals surface area contributed by atoms with Gasteiger partial charge in [0.25, 0.3) is 0 Å². The van der Waals surface area contributed by atoms with Gasteiger partial charge in [-0.15, -0.1) is 10.2 Å². The molecule has 180 valence electrons. The van der Waals surface area contributed by atoms with Crippen molar-refractivity contribution >= 4 is 34.3 Å². The maximum atomic E-state index is 12.6. The van der Waals surface area contributed by atoms with Crippen molar-refractivity contribution in [2.75, 3.05) is 18.2 Å². The van der Waals surface area contributed by atoms with Crippen LogP contribution in [0.3, 0.4) is 0 Å². The molecule has 0 fully saturated rings. The highest BCUT2D eigenvalue weighted by molar-refractivity contribution is 7.99. The van der Waals surface area contributed by atoms with E-state index < -0.39 is 0 Å². The Hall–Kier alpha value is -4.17. The Morgan fingerprint density at radius 3 is 2.58 bits per heavy atom. The third-order valence-corrected chi connectivity index (χ3v) is 6.71. The monoisotopic (exact) mass is 495 g/mol. The van der Waals surface area contributed by atoms with E-state index in [4.69, 9.17) is 9.72 Å². The second-order valence-electron chi connectivity index (χ2n) is 8.06. The number of carbonyl (C=O) groups is 1. The molecule has 2 aromatic heterocycles. The first-order valence-corrected chi connectivity index (χ1v) is 12.6. The topological polar surface area (TPSA) is 81.9 Å². The fourth-order valence-corrected chi connectivity index (χ4v) is 4.83. The lowest BCUT2D eigenvalue weighted by atomic mass is 10.0. The minimum absolute atomic E-state index is 0.124. The van der Waals surface area contributed by atoms with Gasteiger partial charge in [-0.25, -0.2) is 4.98 Å². The second-order valence-corrected chi connectivity index (χ2v) is 9.00. The highest BCUT2D eigenvalue weighted by Gasteiger charge is 2.18. The number of benzene rings is 3. The summed E-state index contributed by atoms with van der Waals surface area (Å²) in [7, 11) is 1.60. The fourth-order valence-electron chi connectivity index (χ4n) is 4.02. The Balaban J connectivity index is 1.43. The Bertz CT molecular complexity index is 1520. The number of nitrogens with one attached hydrogen (secondary N) is 1. The molecule has 1 N–H and O–H groups in total. The molecule has 0 aliphatic heterocycles. The van der Waals surface area contributed by atoms with Crippen LogP contribution in [-0.4, -0.2) is 38.5 Å². The van der Waals surface area contributed by atoms with Crippen molar-refractivity contribution in [2.24, 2.45) is 0 Å². The van der Waals surface area contributed by atoms with Gasteiger partial charge in [0.15, 0.2) is 11.0 Å². The summed E-state index contributed by atoms with van der Waals surface area (Å²) in [6, 6.07) is 27.5. The van der Waals surface area contributed by atoms with E-state index in [2.05, 4.69) is 34.6 Å². The number of rotatable bonds is 8. The molecule has 0 saturated carbocycles. The van der Waals surface area contributed by atoms with Crippen molar-refractivity contribution in [1.29, 1.82) is 0 Å². The van der Waals surface area contributed by atoms with Gasteiger partial charge in [-0.2, -0.15) is 0 Å². The number of aromatic nitrogens is 4. The van der Waals surface area contributed by atoms with Crippen molar-refractivity contribution in [3.05, 3.63) is 84.9 Å². The van der Waals surface area contributed by atoms with Gasteiger partial charge < -0.3 is 14.6 Å². The fraction of sp³-hybridized carbons (Fsp3) is 0.143. The molecule has 0 atom stereocenters. The number of methoxy groups -OCH3 is 1. The largest absolute Gasteiger partial charge is 0.497 e. The predicted octanol–water partition coefficient (Wildman–Crippen LogP) is 5.92. The van der Waals surface area contributed by atoms with Gasteiger partial charge in [0.1, 0.15) is 5.75 Å². The van der Waals surface area contributed by atoms with Crippen molar-refractivity contribution in [2.45, 2.75) is 18.6 Å². The molecule has 8 heteroatoms. The Labute approximate surface area is 213 Å². The van der Waals surface area contributed by atoms with E-state index in [0.717, 1.165) is 33.5 Å². The van der Waals surface area contributed by atoms with E-state index in [9.17, 15) is 4.79 Å². The average molecular weight is 496 g/mol. The van der Waals surface area contributed by atoms with E-state index in [1.165, 1.54) is 11.8 Å². The van der Waals surface area contributed by atoms with E-state index in [-0.39, 0.29) is 11.7 Å². The number of para-hydroxylation sites is 1. The van der Waals surface area contributed by atoms with Crippen molar-refractivity contribution < 1.29 is 9.53 Å². The summed E-state index contributed by atoms with van der Waals surface area (Å²) in [5.41, 5.74) is 4.46. The van der Waals surface area contributed by atoms with Crippen LogP contribution in [0.2, 0.25) is 0 Å². The molecule has 5 aromatic rings. The summed E-state index contributed by atoms with van der Waals surface area (Å²) in [5, 5.41) is 13.6. The van der Waals surface area contributed by atoms with Gasteiger partial charge in [0.2, 0.25) is 5.91 Å². The van der Waals surface area contributed by atoms with Crippen molar-refractivity contribution in [3.63, 3.8) is 0 Å². The number of hydrogen-bond acceptors (Lipinski definition) is 6. The van der Waals surface area contributed by atoms with Crippen LogP contribution < -0.4 is 10.1 Å². The van der Waals surface area contributed by atoms with Gasteiger partial charge in [0, 0.05) is 34.8 Å². The minimum Gasteiger partial charge on any atom is -0.497 e. The molecule has 0 aliphatic rings. The molecular weight excluding hydrogens is 470 g/mol. The number of fused-ring (bicyclic) bond motifs is 1. The van der Waals surface area contributed by atoms with Gasteiger partial charge >= 0.3 is 0 Å². The number of ether oxygens (including phenoxy) is 1. The molecular formula is C28H25N5O2S. The lowest BCUT2D eigenvalue weighted by Gasteiger charge is -2.12. The number of carbonyl (C=O) groups excluding carboxylic acids is 1. The first kappa shape index (κ1) is 23.6. The van der Waals surface area contributed by atoms with E-state index in [0.29, 0.717) is 23.1 Å². The summed E-state index contributed by atoms with van der Waals surface area (Å²) >= 11 is 1.36. The van der Waals surface area contributed by atoms with Crippen LogP contribution >= 0.6 is 11.8 Å². The van der Waals surface area contributed by atoms with Crippen LogP contribution in [0.5, 0.6) is 5.75 Å². The predicted molar refractivity (Wildman–Crippen MR) is 144 cm³/mol. The Morgan fingerprint density at radius 1 is 0.972 bits per heavy atom. The molecule has 0 bridgehead atoms. The van der Waals surface area contributed by atoms with Crippen molar-refractivity contribution in [3.8, 4) is 28.4 Å². The molecule has 0 aliphatic carbocycles. The first-order valence-electron chi connectivity index (χ1n) is 11.6. The van der Waals surface area contributed by atoms with Crippen LogP contribution in [0.1, 0.15) is 6.92 Å². The highest BCUT2D eigenvalue weighted by Crippen LogP contribution is 2.33. The SMILES string of the molecule is CCn1c(SCC(=O)Nc2cccc(OC)c2)nnc1-c1cc(-c2ccccc2)nc2ccccc12. The van der Waals surface area contributed by atoms with Gasteiger partial charge in [-0.1, -0.05) is 66.4 Å². The average Bonchev–Trinajstić information content (AvgIpc) is 3.34. The van der Waals surface area contributed by atoms with E-state index in [1.54, 1.807) is 13.2 Å². The highest BCUT2D eigenvalue weighted by atomic mass is 32.2. The van der Waals surface area contributed by atoms with E-state index >= 15 is 0 Å². The summed E-state index contributed by atoms with van der Waals surface area (Å²) in [4.78, 5) is 17.5. The summed E-state index contributed by atoms with van der Waals surface area (Å²) in [5.74, 6) is 1.53. The standard InChI is InChI=1S/C28H25N5O2S/c1-3-33-27(31-32-28(33)36-18-26(34)29-20-12-9-13-21(16-20)35-2)23-17-25(19-10-5-4-6-11-19)30-24-15-8-7-14-22(23)24/h4-17H,3,18H2,1-2H3,(H,29,34). The number of amides is 1. The number of nitrogens with zero attached hydrogens (tertiary/aromatic N) is 4. The zero-order chi connectivity index (χ0) is 24.9. The maximum absolute atomic E-state index is 12.6. The van der Waals surface area contributed by atoms with Crippen LogP contribution in [0.15, 0.2) is 90.1 Å². The van der Waals surface area contributed by atoms with Gasteiger partial charge in [-0.3, -0.25) is 4.79 Å². The van der Waals surface area contributed by atoms with Crippen LogP contribution in [0.4, 0.5) is 5.69 Å². The molecule has 1 amide bonds. The van der Waals surface area contributed by atoms with Crippen LogP contribution in [-0.2, 0) is 11.3 Å². The smallest absolute Gasteiger partial charge is 0.234 e. The zero-order valence-corrected chi connectivity index (χ0v) is 20.8. The molecule has 2 heterocycles. The Morgan fingerprint density at radius 2 is 1.78 bits per heavy atom. The van der Waals surface area contributed by atoms with Crippen LogP contribution in [0, 0.1) is 0 Å². The third-order valence-electron chi connectivity index (χ3n) is 5.75. The molecule has 36 heavy (non-hydrogen) atoms. The van der Waals surface area contributed by atoms with E-state index in [1.807, 2.05) is 71.3 Å². The minimum atomic E-state index is -0.124. The first-order chi connectivity index (χ1) is 17.7. The number of thioether (sulfide) groups is 1. The molecule has 0 unspecified atom stereocenters. The zero-order valence-electron chi connectivity index (χ0n) is 20.0. The quantitative estimate of drug-likeness (QED) is 0.269. The molecule has 0 radical (unpaired) electrons. The number of hydrogen-bond donors (Lipinski definition) is 1. The third kappa shape index (κ3) is 4.94. The normalized spacial score (nSPS) is 10.9. The molecule has 3 aromatic carbocycles. The second kappa shape index (κ2) is 10.6. The molecule has 5 rings (SSSR count). The molecule has 0 spiro atoms. The summed E-state index contributed by atoms with van der Waals surface area (Å²) < 4.78 is 7.27. The number of anilines is 1. The molecule has 7 nitrogen and oxygen atoms in total. The van der Waals surface area contributed by atoms with Crippen LogP contribution in [0.25, 0.3) is 33.5 Å². The van der Waals surface area contributed by atoms with Gasteiger partial charge in [-0.05, 0) is 31.2 Å². The summed E-state index contributed by atoms with van der Waals surface area (Å²) in [6.45, 7) is 2.72. The Kier molecular flexibility index (Phi) is 6.95. The van der Waals surface area contributed by atoms with Crippen molar-refractivity contribution in [1.82, 2.24) is 19.7 Å². The lowest BCUT2D eigenvalue weighted by molar-refractivity contribution is -0.113. The lowest BCUT2D eigenvalue weighted by Crippen LogP contribution is -2.14. The number of pyridine rings is 1. The maximum Gasteiger partial charge on any atom is 0.234 e.